The molecule has 1 atom stereocenters. The van der Waals surface area contributed by atoms with Crippen molar-refractivity contribution in [3.63, 3.8) is 0 Å². The van der Waals surface area contributed by atoms with Crippen LogP contribution in [0.2, 0.25) is 10.0 Å². The largest absolute Gasteiger partial charge is 0.372 e. The summed E-state index contributed by atoms with van der Waals surface area (Å²) in [5.74, 6) is -0.530. The second-order valence-corrected chi connectivity index (χ2v) is 5.18. The van der Waals surface area contributed by atoms with Crippen molar-refractivity contribution in [1.29, 1.82) is 0 Å². The predicted molar refractivity (Wildman–Crippen MR) is 74.5 cm³/mol. The molecule has 1 heterocycles. The van der Waals surface area contributed by atoms with Gasteiger partial charge < -0.3 is 10.4 Å². The Kier molecular flexibility index (Phi) is 2.78. The zero-order valence-corrected chi connectivity index (χ0v) is 11.2. The molecule has 2 N–H and O–H groups in total. The first-order valence-electron chi connectivity index (χ1n) is 5.62. The molecular weight excluding hydrogens is 285 g/mol. The smallest absolute Gasteiger partial charge is 0.265 e. The lowest BCUT2D eigenvalue weighted by Crippen LogP contribution is -2.35. The number of hydrogen-bond acceptors (Lipinski definition) is 2. The highest BCUT2D eigenvalue weighted by Crippen LogP contribution is 2.43. The Morgan fingerprint density at radius 1 is 1.05 bits per heavy atom. The Morgan fingerprint density at radius 3 is 2.53 bits per heavy atom. The summed E-state index contributed by atoms with van der Waals surface area (Å²) in [5, 5.41) is 14.2. The molecule has 0 spiro atoms. The van der Waals surface area contributed by atoms with Gasteiger partial charge in [-0.2, -0.15) is 0 Å². The highest BCUT2D eigenvalue weighted by Gasteiger charge is 2.47. The van der Waals surface area contributed by atoms with Crippen molar-refractivity contribution in [3.8, 4) is 0 Å². The molecule has 1 amide bonds. The maximum Gasteiger partial charge on any atom is 0.265 e. The lowest BCUT2D eigenvalue weighted by atomic mass is 9.87. The number of anilines is 1. The molecule has 19 heavy (non-hydrogen) atoms. The van der Waals surface area contributed by atoms with Crippen molar-refractivity contribution in [2.24, 2.45) is 0 Å². The van der Waals surface area contributed by atoms with Gasteiger partial charge in [-0.15, -0.1) is 0 Å². The number of amides is 1. The van der Waals surface area contributed by atoms with Crippen molar-refractivity contribution in [1.82, 2.24) is 0 Å². The van der Waals surface area contributed by atoms with Crippen LogP contribution in [0.3, 0.4) is 0 Å². The molecule has 0 saturated carbocycles. The summed E-state index contributed by atoms with van der Waals surface area (Å²) in [7, 11) is 0. The molecule has 0 bridgehead atoms. The maximum atomic E-state index is 12.2. The fourth-order valence-electron chi connectivity index (χ4n) is 2.28. The van der Waals surface area contributed by atoms with E-state index in [9.17, 15) is 9.90 Å². The predicted octanol–water partition coefficient (Wildman–Crippen LogP) is 3.18. The summed E-state index contributed by atoms with van der Waals surface area (Å²) >= 11 is 12.0. The Bertz CT molecular complexity index is 687. The summed E-state index contributed by atoms with van der Waals surface area (Å²) < 4.78 is 0. The Balaban J connectivity index is 2.28. The van der Waals surface area contributed by atoms with Crippen LogP contribution in [0.5, 0.6) is 0 Å². The second kappa shape index (κ2) is 4.23. The summed E-state index contributed by atoms with van der Waals surface area (Å²) in [4.78, 5) is 12.2. The number of rotatable bonds is 1. The molecular formula is C14H9Cl2NO2. The van der Waals surface area contributed by atoms with Gasteiger partial charge in [0, 0.05) is 26.9 Å². The average Bonchev–Trinajstić information content (AvgIpc) is 2.64. The number of hydrogen-bond donors (Lipinski definition) is 2. The van der Waals surface area contributed by atoms with Crippen LogP contribution in [0.4, 0.5) is 5.69 Å². The van der Waals surface area contributed by atoms with E-state index in [0.29, 0.717) is 26.9 Å². The fourth-order valence-corrected chi connectivity index (χ4v) is 2.73. The first-order valence-corrected chi connectivity index (χ1v) is 6.38. The molecule has 3 rings (SSSR count). The molecule has 0 radical (unpaired) electrons. The van der Waals surface area contributed by atoms with Crippen molar-refractivity contribution in [2.45, 2.75) is 5.60 Å². The third kappa shape index (κ3) is 1.74. The lowest BCUT2D eigenvalue weighted by molar-refractivity contribution is -0.129. The van der Waals surface area contributed by atoms with Crippen molar-refractivity contribution in [2.75, 3.05) is 5.32 Å². The number of carbonyl (C=O) groups is 1. The number of fused-ring (bicyclic) bond motifs is 1. The molecule has 1 aliphatic rings. The topological polar surface area (TPSA) is 49.3 Å². The van der Waals surface area contributed by atoms with Crippen molar-refractivity contribution in [3.05, 3.63) is 63.6 Å². The van der Waals surface area contributed by atoms with Crippen LogP contribution < -0.4 is 5.32 Å². The van der Waals surface area contributed by atoms with Gasteiger partial charge in [0.25, 0.3) is 5.91 Å². The number of nitrogens with one attached hydrogen (secondary N) is 1. The van der Waals surface area contributed by atoms with E-state index in [1.807, 2.05) is 0 Å². The quantitative estimate of drug-likeness (QED) is 0.848. The molecule has 2 aromatic carbocycles. The Morgan fingerprint density at radius 2 is 1.79 bits per heavy atom. The van der Waals surface area contributed by atoms with Crippen LogP contribution in [-0.2, 0) is 10.4 Å². The van der Waals surface area contributed by atoms with E-state index in [-0.39, 0.29) is 0 Å². The van der Waals surface area contributed by atoms with Crippen molar-refractivity contribution < 1.29 is 9.90 Å². The van der Waals surface area contributed by atoms with E-state index in [1.165, 1.54) is 0 Å². The summed E-state index contributed by atoms with van der Waals surface area (Å²) in [5.41, 5.74) is -0.511. The van der Waals surface area contributed by atoms with E-state index in [1.54, 1.807) is 42.5 Å². The fraction of sp³-hybridized carbons (Fsp3) is 0.0714. The van der Waals surface area contributed by atoms with E-state index < -0.39 is 11.5 Å². The van der Waals surface area contributed by atoms with Gasteiger partial charge in [-0.3, -0.25) is 4.79 Å². The Labute approximate surface area is 119 Å². The first-order chi connectivity index (χ1) is 9.03. The van der Waals surface area contributed by atoms with Crippen LogP contribution in [0, 0.1) is 0 Å². The first kappa shape index (κ1) is 12.5. The molecule has 2 aromatic rings. The van der Waals surface area contributed by atoms with Crippen molar-refractivity contribution >= 4 is 34.8 Å². The van der Waals surface area contributed by atoms with Gasteiger partial charge in [-0.05, 0) is 24.3 Å². The average molecular weight is 294 g/mol. The third-order valence-corrected chi connectivity index (χ3v) is 3.78. The van der Waals surface area contributed by atoms with E-state index >= 15 is 0 Å². The van der Waals surface area contributed by atoms with Gasteiger partial charge in [0.2, 0.25) is 0 Å². The lowest BCUT2D eigenvalue weighted by Gasteiger charge is -2.22. The molecule has 3 nitrogen and oxygen atoms in total. The molecule has 1 unspecified atom stereocenters. The normalized spacial score (nSPS) is 21.1. The van der Waals surface area contributed by atoms with Gasteiger partial charge >= 0.3 is 0 Å². The van der Waals surface area contributed by atoms with Crippen LogP contribution in [-0.4, -0.2) is 11.0 Å². The minimum Gasteiger partial charge on any atom is -0.372 e. The van der Waals surface area contributed by atoms with E-state index in [4.69, 9.17) is 23.2 Å². The molecule has 1 aliphatic heterocycles. The molecule has 0 saturated heterocycles. The maximum absolute atomic E-state index is 12.2. The SMILES string of the molecule is O=C1Nc2ccc(Cl)cc2C1(O)c1ccccc1Cl. The minimum atomic E-state index is -1.81. The monoisotopic (exact) mass is 293 g/mol. The van der Waals surface area contributed by atoms with Gasteiger partial charge in [0.15, 0.2) is 5.60 Å². The molecule has 5 heteroatoms. The number of halogens is 2. The van der Waals surface area contributed by atoms with Gasteiger partial charge in [0.05, 0.1) is 0 Å². The van der Waals surface area contributed by atoms with E-state index in [0.717, 1.165) is 0 Å². The Hall–Kier alpha value is -1.55. The van der Waals surface area contributed by atoms with E-state index in [2.05, 4.69) is 5.32 Å². The number of aliphatic hydroxyl groups is 1. The molecule has 0 fully saturated rings. The highest BCUT2D eigenvalue weighted by atomic mass is 35.5. The zero-order valence-electron chi connectivity index (χ0n) is 9.65. The highest BCUT2D eigenvalue weighted by molar-refractivity contribution is 6.32. The summed E-state index contributed by atoms with van der Waals surface area (Å²) in [6.07, 6.45) is 0. The van der Waals surface area contributed by atoms with Crippen LogP contribution in [0.15, 0.2) is 42.5 Å². The third-order valence-electron chi connectivity index (χ3n) is 3.21. The number of benzene rings is 2. The van der Waals surface area contributed by atoms with Crippen LogP contribution in [0.1, 0.15) is 11.1 Å². The van der Waals surface area contributed by atoms with Gasteiger partial charge in [-0.25, -0.2) is 0 Å². The summed E-state index contributed by atoms with van der Waals surface area (Å²) in [6, 6.07) is 11.6. The molecule has 0 aromatic heterocycles. The standard InChI is InChI=1S/C14H9Cl2NO2/c15-8-5-6-12-10(7-8)14(19,13(18)17-12)9-3-1-2-4-11(9)16/h1-7,19H,(H,17,18). The second-order valence-electron chi connectivity index (χ2n) is 4.33. The molecule has 96 valence electrons. The molecule has 0 aliphatic carbocycles. The van der Waals surface area contributed by atoms with Gasteiger partial charge in [0.1, 0.15) is 0 Å². The minimum absolute atomic E-state index is 0.327. The van der Waals surface area contributed by atoms with Crippen LogP contribution in [0.25, 0.3) is 0 Å². The number of carbonyl (C=O) groups excluding carboxylic acids is 1. The van der Waals surface area contributed by atoms with Gasteiger partial charge in [-0.1, -0.05) is 41.4 Å². The summed E-state index contributed by atoms with van der Waals surface area (Å²) in [6.45, 7) is 0. The zero-order chi connectivity index (χ0) is 13.6. The van der Waals surface area contributed by atoms with Crippen LogP contribution >= 0.6 is 23.2 Å².